The van der Waals surface area contributed by atoms with Gasteiger partial charge in [0, 0.05) is 6.61 Å². The Hall–Kier alpha value is -2.09. The van der Waals surface area contributed by atoms with E-state index in [9.17, 15) is 18.6 Å². The molecule has 0 saturated carbocycles. The van der Waals surface area contributed by atoms with Gasteiger partial charge in [-0.05, 0) is 43.3 Å². The highest BCUT2D eigenvalue weighted by Gasteiger charge is 2.23. The number of para-hydroxylation sites is 1. The molecule has 0 amide bonds. The maximum Gasteiger partial charge on any atom is 0.221 e. The second-order valence-electron chi connectivity index (χ2n) is 4.68. The van der Waals surface area contributed by atoms with E-state index in [0.29, 0.717) is 6.61 Å². The number of ether oxygens (including phenoxy) is 2. The summed E-state index contributed by atoms with van der Waals surface area (Å²) >= 11 is 0. The van der Waals surface area contributed by atoms with Gasteiger partial charge >= 0.3 is 0 Å². The number of benzene rings is 2. The molecular formula is C16H18O6S. The van der Waals surface area contributed by atoms with E-state index in [4.69, 9.17) is 9.47 Å². The summed E-state index contributed by atoms with van der Waals surface area (Å²) in [5.74, 6) is 0.00778. The molecule has 0 radical (unpaired) electrons. The summed E-state index contributed by atoms with van der Waals surface area (Å²) < 4.78 is 35.7. The molecule has 6 nitrogen and oxygen atoms in total. The van der Waals surface area contributed by atoms with Crippen molar-refractivity contribution in [1.29, 1.82) is 0 Å². The average molecular weight is 338 g/mol. The maximum absolute atomic E-state index is 12.7. The summed E-state index contributed by atoms with van der Waals surface area (Å²) in [6.07, 6.45) is -1.27. The minimum atomic E-state index is -3.84. The van der Waals surface area contributed by atoms with Gasteiger partial charge in [-0.25, -0.2) is 8.42 Å². The quantitative estimate of drug-likeness (QED) is 0.750. The molecule has 0 aliphatic heterocycles. The van der Waals surface area contributed by atoms with E-state index in [-0.39, 0.29) is 27.9 Å². The minimum Gasteiger partial charge on any atom is -0.508 e. The summed E-state index contributed by atoms with van der Waals surface area (Å²) in [4.78, 5) is -0.0492. The highest BCUT2D eigenvalue weighted by Crippen LogP contribution is 2.30. The molecular weight excluding hydrogens is 320 g/mol. The van der Waals surface area contributed by atoms with Gasteiger partial charge in [-0.3, -0.25) is 0 Å². The molecule has 0 heterocycles. The van der Waals surface area contributed by atoms with Crippen LogP contribution in [0.2, 0.25) is 0 Å². The Kier molecular flexibility index (Phi) is 5.59. The number of hydrogen-bond donors (Lipinski definition) is 2. The van der Waals surface area contributed by atoms with E-state index in [2.05, 4.69) is 0 Å². The van der Waals surface area contributed by atoms with Crippen LogP contribution in [0.5, 0.6) is 11.5 Å². The maximum atomic E-state index is 12.7. The third kappa shape index (κ3) is 4.22. The lowest BCUT2D eigenvalue weighted by Gasteiger charge is -2.16. The zero-order valence-corrected chi connectivity index (χ0v) is 13.4. The molecule has 23 heavy (non-hydrogen) atoms. The van der Waals surface area contributed by atoms with E-state index < -0.39 is 16.1 Å². The summed E-state index contributed by atoms with van der Waals surface area (Å²) in [7, 11) is -3.84. The van der Waals surface area contributed by atoms with Crippen LogP contribution in [-0.4, -0.2) is 38.1 Å². The predicted molar refractivity (Wildman–Crippen MR) is 83.1 cm³/mol. The van der Waals surface area contributed by atoms with E-state index in [1.54, 1.807) is 19.1 Å². The summed E-state index contributed by atoms with van der Waals surface area (Å²) in [5.41, 5.74) is 0. The number of hydrogen-bond acceptors (Lipinski definition) is 6. The fourth-order valence-electron chi connectivity index (χ4n) is 1.92. The van der Waals surface area contributed by atoms with Gasteiger partial charge in [0.25, 0.3) is 0 Å². The molecule has 2 aromatic rings. The number of phenols is 1. The number of rotatable bonds is 7. The molecule has 0 saturated heterocycles. The highest BCUT2D eigenvalue weighted by molar-refractivity contribution is 7.91. The second kappa shape index (κ2) is 7.45. The van der Waals surface area contributed by atoms with Crippen molar-refractivity contribution in [2.24, 2.45) is 0 Å². The molecule has 0 fully saturated rings. The van der Waals surface area contributed by atoms with Gasteiger partial charge in [0.2, 0.25) is 16.1 Å². The number of sulfone groups is 1. The van der Waals surface area contributed by atoms with Crippen molar-refractivity contribution in [3.63, 3.8) is 0 Å². The van der Waals surface area contributed by atoms with Crippen LogP contribution < -0.4 is 4.74 Å². The van der Waals surface area contributed by atoms with Crippen LogP contribution in [0.4, 0.5) is 0 Å². The number of aliphatic hydroxyl groups excluding tert-OH is 1. The summed E-state index contributed by atoms with van der Waals surface area (Å²) in [5, 5.41) is 19.0. The zero-order chi connectivity index (χ0) is 16.9. The molecule has 1 atom stereocenters. The molecule has 0 spiro atoms. The van der Waals surface area contributed by atoms with Gasteiger partial charge in [-0.15, -0.1) is 0 Å². The first-order valence-electron chi connectivity index (χ1n) is 7.00. The highest BCUT2D eigenvalue weighted by atomic mass is 32.2. The van der Waals surface area contributed by atoms with Crippen molar-refractivity contribution >= 4 is 9.84 Å². The lowest BCUT2D eigenvalue weighted by Crippen LogP contribution is -2.23. The Morgan fingerprint density at radius 2 is 1.74 bits per heavy atom. The van der Waals surface area contributed by atoms with E-state index in [1.807, 2.05) is 0 Å². The predicted octanol–water partition coefficient (Wildman–Crippen LogP) is 1.96. The van der Waals surface area contributed by atoms with Crippen molar-refractivity contribution in [3.05, 3.63) is 48.5 Å². The lowest BCUT2D eigenvalue weighted by atomic mass is 10.3. The SMILES string of the molecule is CCOCC(O)Oc1ccccc1S(=O)(=O)c1ccc(O)cc1. The van der Waals surface area contributed by atoms with Crippen molar-refractivity contribution in [2.45, 2.75) is 23.0 Å². The van der Waals surface area contributed by atoms with Gasteiger partial charge in [-0.2, -0.15) is 0 Å². The Morgan fingerprint density at radius 3 is 2.39 bits per heavy atom. The van der Waals surface area contributed by atoms with Crippen LogP contribution in [-0.2, 0) is 14.6 Å². The number of aromatic hydroxyl groups is 1. The first kappa shape index (κ1) is 17.3. The Morgan fingerprint density at radius 1 is 1.09 bits per heavy atom. The van der Waals surface area contributed by atoms with Crippen LogP contribution in [0.3, 0.4) is 0 Å². The van der Waals surface area contributed by atoms with Crippen LogP contribution in [0.25, 0.3) is 0 Å². The fourth-order valence-corrected chi connectivity index (χ4v) is 3.31. The second-order valence-corrected chi connectivity index (χ2v) is 6.59. The summed E-state index contributed by atoms with van der Waals surface area (Å²) in [6.45, 7) is 2.12. The normalized spacial score (nSPS) is 12.8. The molecule has 7 heteroatoms. The Bertz CT molecular complexity index is 739. The van der Waals surface area contributed by atoms with Gasteiger partial charge in [0.15, 0.2) is 0 Å². The summed E-state index contributed by atoms with van der Waals surface area (Å²) in [6, 6.07) is 11.2. The number of aliphatic hydroxyl groups is 1. The standard InChI is InChI=1S/C16H18O6S/c1-2-21-11-16(18)22-14-5-3-4-6-15(14)23(19,20)13-9-7-12(17)8-10-13/h3-10,16-18H,2,11H2,1H3. The van der Waals surface area contributed by atoms with Gasteiger partial charge in [0.05, 0.1) is 4.90 Å². The van der Waals surface area contributed by atoms with E-state index >= 15 is 0 Å². The molecule has 2 rings (SSSR count). The largest absolute Gasteiger partial charge is 0.508 e. The first-order chi connectivity index (χ1) is 10.9. The zero-order valence-electron chi connectivity index (χ0n) is 12.5. The van der Waals surface area contributed by atoms with Gasteiger partial charge in [0.1, 0.15) is 23.0 Å². The molecule has 124 valence electrons. The van der Waals surface area contributed by atoms with Gasteiger partial charge in [-0.1, -0.05) is 12.1 Å². The van der Waals surface area contributed by atoms with Crippen LogP contribution in [0.15, 0.2) is 58.3 Å². The average Bonchev–Trinajstić information content (AvgIpc) is 2.53. The number of phenolic OH excluding ortho intramolecular Hbond substituents is 1. The molecule has 0 bridgehead atoms. The van der Waals surface area contributed by atoms with E-state index in [0.717, 1.165) is 0 Å². The van der Waals surface area contributed by atoms with Crippen LogP contribution in [0.1, 0.15) is 6.92 Å². The molecule has 0 aliphatic carbocycles. The topological polar surface area (TPSA) is 93.1 Å². The van der Waals surface area contributed by atoms with Crippen molar-refractivity contribution in [2.75, 3.05) is 13.2 Å². The first-order valence-corrected chi connectivity index (χ1v) is 8.49. The molecule has 0 aromatic heterocycles. The molecule has 2 N–H and O–H groups in total. The lowest BCUT2D eigenvalue weighted by molar-refractivity contribution is -0.0763. The van der Waals surface area contributed by atoms with Gasteiger partial charge < -0.3 is 19.7 Å². The third-order valence-corrected chi connectivity index (χ3v) is 4.82. The minimum absolute atomic E-state index is 0.0191. The molecule has 1 unspecified atom stereocenters. The molecule has 2 aromatic carbocycles. The van der Waals surface area contributed by atoms with E-state index in [1.165, 1.54) is 36.4 Å². The smallest absolute Gasteiger partial charge is 0.221 e. The van der Waals surface area contributed by atoms with Crippen molar-refractivity contribution in [3.8, 4) is 11.5 Å². The van der Waals surface area contributed by atoms with Crippen molar-refractivity contribution < 1.29 is 28.1 Å². The fraction of sp³-hybridized carbons (Fsp3) is 0.250. The third-order valence-electron chi connectivity index (χ3n) is 3.01. The Labute approximate surface area is 134 Å². The monoisotopic (exact) mass is 338 g/mol. The molecule has 0 aliphatic rings. The van der Waals surface area contributed by atoms with Crippen LogP contribution >= 0.6 is 0 Å². The Balaban J connectivity index is 2.34. The van der Waals surface area contributed by atoms with Crippen molar-refractivity contribution in [1.82, 2.24) is 0 Å². The van der Waals surface area contributed by atoms with Crippen LogP contribution in [0, 0.1) is 0 Å².